The normalized spacial score (nSPS) is 10.9. The summed E-state index contributed by atoms with van der Waals surface area (Å²) in [5.74, 6) is -1.53. The molecule has 0 bridgehead atoms. The van der Waals surface area contributed by atoms with Gasteiger partial charge in [-0.3, -0.25) is 0 Å². The summed E-state index contributed by atoms with van der Waals surface area (Å²) < 4.78 is 25.6. The molecular formula is C14H10F2O. The predicted octanol–water partition coefficient (Wildman–Crippen LogP) is 3.84. The first-order chi connectivity index (χ1) is 8.15. The van der Waals surface area contributed by atoms with E-state index in [1.54, 1.807) is 36.4 Å². The van der Waals surface area contributed by atoms with E-state index in [1.165, 1.54) is 6.07 Å². The fraction of sp³-hybridized carbons (Fsp3) is 0. The van der Waals surface area contributed by atoms with E-state index in [-0.39, 0.29) is 5.75 Å². The van der Waals surface area contributed by atoms with Gasteiger partial charge in [-0.05, 0) is 35.4 Å². The minimum atomic E-state index is -0.863. The Morgan fingerprint density at radius 2 is 1.35 bits per heavy atom. The van der Waals surface area contributed by atoms with Gasteiger partial charge in [0.05, 0.1) is 0 Å². The molecule has 0 spiro atoms. The van der Waals surface area contributed by atoms with Crippen LogP contribution < -0.4 is 0 Å². The summed E-state index contributed by atoms with van der Waals surface area (Å²) in [6.45, 7) is 0. The van der Waals surface area contributed by atoms with Crippen molar-refractivity contribution in [1.82, 2.24) is 0 Å². The zero-order valence-corrected chi connectivity index (χ0v) is 8.90. The lowest BCUT2D eigenvalue weighted by molar-refractivity contribution is 0.475. The van der Waals surface area contributed by atoms with Crippen LogP contribution in [0.2, 0.25) is 0 Å². The van der Waals surface area contributed by atoms with Gasteiger partial charge in [-0.25, -0.2) is 8.78 Å². The minimum absolute atomic E-state index is 0.190. The van der Waals surface area contributed by atoms with Gasteiger partial charge in [0, 0.05) is 0 Å². The molecule has 1 N–H and O–H groups in total. The van der Waals surface area contributed by atoms with Crippen LogP contribution in [0.5, 0.6) is 5.75 Å². The smallest absolute Gasteiger partial charge is 0.159 e. The number of phenolic OH excluding ortho intramolecular Hbond substituents is 1. The highest BCUT2D eigenvalue weighted by molar-refractivity contribution is 5.69. The predicted molar refractivity (Wildman–Crippen MR) is 63.4 cm³/mol. The Balaban J connectivity index is 2.20. The highest BCUT2D eigenvalue weighted by Gasteiger charge is 1.99. The summed E-state index contributed by atoms with van der Waals surface area (Å²) in [5, 5.41) is 9.09. The summed E-state index contributed by atoms with van der Waals surface area (Å²) in [4.78, 5) is 0. The lowest BCUT2D eigenvalue weighted by atomic mass is 10.1. The molecule has 0 aliphatic heterocycles. The monoisotopic (exact) mass is 232 g/mol. The Labute approximate surface area is 97.7 Å². The second kappa shape index (κ2) is 4.78. The van der Waals surface area contributed by atoms with Gasteiger partial charge < -0.3 is 5.11 Å². The Morgan fingerprint density at radius 3 is 2.00 bits per heavy atom. The van der Waals surface area contributed by atoms with Crippen molar-refractivity contribution in [2.75, 3.05) is 0 Å². The first-order valence-corrected chi connectivity index (χ1v) is 5.07. The summed E-state index contributed by atoms with van der Waals surface area (Å²) in [5.41, 5.74) is 1.45. The van der Waals surface area contributed by atoms with E-state index in [2.05, 4.69) is 0 Å². The molecule has 0 atom stereocenters. The molecule has 0 amide bonds. The zero-order valence-electron chi connectivity index (χ0n) is 8.90. The Bertz CT molecular complexity index is 545. The summed E-state index contributed by atoms with van der Waals surface area (Å²) >= 11 is 0. The van der Waals surface area contributed by atoms with Crippen molar-refractivity contribution < 1.29 is 13.9 Å². The number of halogens is 2. The van der Waals surface area contributed by atoms with Crippen LogP contribution in [0.25, 0.3) is 12.2 Å². The number of rotatable bonds is 2. The first kappa shape index (κ1) is 11.3. The number of benzene rings is 2. The van der Waals surface area contributed by atoms with Crippen molar-refractivity contribution in [3.63, 3.8) is 0 Å². The van der Waals surface area contributed by atoms with Gasteiger partial charge in [-0.1, -0.05) is 30.4 Å². The van der Waals surface area contributed by atoms with E-state index < -0.39 is 11.6 Å². The second-order valence-corrected chi connectivity index (χ2v) is 3.60. The Morgan fingerprint density at radius 1 is 0.765 bits per heavy atom. The van der Waals surface area contributed by atoms with Crippen molar-refractivity contribution >= 4 is 12.2 Å². The topological polar surface area (TPSA) is 20.2 Å². The summed E-state index contributed by atoms with van der Waals surface area (Å²) in [6.07, 6.45) is 3.43. The van der Waals surface area contributed by atoms with Gasteiger partial charge in [-0.15, -0.1) is 0 Å². The number of hydrogen-bond donors (Lipinski definition) is 1. The Hall–Kier alpha value is -2.16. The SMILES string of the molecule is Oc1ccc(C=Cc2ccc(F)c(F)c2)cc1. The maximum atomic E-state index is 12.9. The van der Waals surface area contributed by atoms with Crippen LogP contribution >= 0.6 is 0 Å². The molecule has 0 radical (unpaired) electrons. The molecule has 2 rings (SSSR count). The molecular weight excluding hydrogens is 222 g/mol. The molecule has 2 aromatic carbocycles. The van der Waals surface area contributed by atoms with Crippen LogP contribution in [0.15, 0.2) is 42.5 Å². The van der Waals surface area contributed by atoms with Gasteiger partial charge in [0.15, 0.2) is 11.6 Å². The molecule has 0 saturated carbocycles. The van der Waals surface area contributed by atoms with E-state index in [0.29, 0.717) is 5.56 Å². The van der Waals surface area contributed by atoms with Gasteiger partial charge >= 0.3 is 0 Å². The molecule has 3 heteroatoms. The molecule has 0 aliphatic carbocycles. The van der Waals surface area contributed by atoms with Crippen LogP contribution in [0.1, 0.15) is 11.1 Å². The molecule has 0 saturated heterocycles. The van der Waals surface area contributed by atoms with Crippen LogP contribution in [0, 0.1) is 11.6 Å². The summed E-state index contributed by atoms with van der Waals surface area (Å²) in [6, 6.07) is 10.3. The van der Waals surface area contributed by atoms with Crippen molar-refractivity contribution in [2.24, 2.45) is 0 Å². The lowest BCUT2D eigenvalue weighted by Gasteiger charge is -1.96. The van der Waals surface area contributed by atoms with Gasteiger partial charge in [0.2, 0.25) is 0 Å². The third-order valence-electron chi connectivity index (χ3n) is 2.30. The summed E-state index contributed by atoms with van der Waals surface area (Å²) in [7, 11) is 0. The van der Waals surface area contributed by atoms with Crippen LogP contribution in [-0.4, -0.2) is 5.11 Å². The average Bonchev–Trinajstić information content (AvgIpc) is 2.33. The number of aromatic hydroxyl groups is 1. The molecule has 0 unspecified atom stereocenters. The number of hydrogen-bond acceptors (Lipinski definition) is 1. The van der Waals surface area contributed by atoms with E-state index in [9.17, 15) is 8.78 Å². The molecule has 17 heavy (non-hydrogen) atoms. The largest absolute Gasteiger partial charge is 0.508 e. The minimum Gasteiger partial charge on any atom is -0.508 e. The van der Waals surface area contributed by atoms with Gasteiger partial charge in [-0.2, -0.15) is 0 Å². The number of phenols is 1. The molecule has 0 heterocycles. The Kier molecular flexibility index (Phi) is 3.19. The van der Waals surface area contributed by atoms with Crippen LogP contribution in [0.4, 0.5) is 8.78 Å². The third kappa shape index (κ3) is 2.91. The standard InChI is InChI=1S/C14H10F2O/c15-13-8-5-11(9-14(13)16)2-1-10-3-6-12(17)7-4-10/h1-9,17H. The van der Waals surface area contributed by atoms with E-state index in [1.807, 2.05) is 0 Å². The molecule has 0 fully saturated rings. The van der Waals surface area contributed by atoms with E-state index in [4.69, 9.17) is 5.11 Å². The molecule has 2 aromatic rings. The lowest BCUT2D eigenvalue weighted by Crippen LogP contribution is -1.83. The first-order valence-electron chi connectivity index (χ1n) is 5.07. The fourth-order valence-corrected chi connectivity index (χ4v) is 1.39. The van der Waals surface area contributed by atoms with Crippen LogP contribution in [-0.2, 0) is 0 Å². The quantitative estimate of drug-likeness (QED) is 0.780. The third-order valence-corrected chi connectivity index (χ3v) is 2.30. The van der Waals surface area contributed by atoms with E-state index >= 15 is 0 Å². The van der Waals surface area contributed by atoms with Crippen LogP contribution in [0.3, 0.4) is 0 Å². The van der Waals surface area contributed by atoms with E-state index in [0.717, 1.165) is 17.7 Å². The van der Waals surface area contributed by atoms with Gasteiger partial charge in [0.1, 0.15) is 5.75 Å². The van der Waals surface area contributed by atoms with Crippen molar-refractivity contribution in [1.29, 1.82) is 0 Å². The highest BCUT2D eigenvalue weighted by atomic mass is 19.2. The molecule has 1 nitrogen and oxygen atoms in total. The second-order valence-electron chi connectivity index (χ2n) is 3.60. The van der Waals surface area contributed by atoms with Crippen molar-refractivity contribution in [3.8, 4) is 5.75 Å². The van der Waals surface area contributed by atoms with Gasteiger partial charge in [0.25, 0.3) is 0 Å². The fourth-order valence-electron chi connectivity index (χ4n) is 1.39. The maximum absolute atomic E-state index is 12.9. The average molecular weight is 232 g/mol. The zero-order chi connectivity index (χ0) is 12.3. The van der Waals surface area contributed by atoms with Crippen molar-refractivity contribution in [2.45, 2.75) is 0 Å². The maximum Gasteiger partial charge on any atom is 0.159 e. The van der Waals surface area contributed by atoms with Crippen molar-refractivity contribution in [3.05, 3.63) is 65.2 Å². The highest BCUT2D eigenvalue weighted by Crippen LogP contribution is 2.14. The molecule has 86 valence electrons. The molecule has 0 aliphatic rings. The molecule has 0 aromatic heterocycles.